The number of imide groups is 1. The van der Waals surface area contributed by atoms with Gasteiger partial charge in [0, 0.05) is 29.4 Å². The Balaban J connectivity index is 1.87. The van der Waals surface area contributed by atoms with Crippen LogP contribution in [0.15, 0.2) is 77.5 Å². The van der Waals surface area contributed by atoms with Gasteiger partial charge in [0.15, 0.2) is 0 Å². The number of hydrogen-bond donors (Lipinski definition) is 0. The fourth-order valence-corrected chi connectivity index (χ4v) is 4.21. The van der Waals surface area contributed by atoms with Crippen LogP contribution in [0.5, 0.6) is 5.75 Å². The summed E-state index contributed by atoms with van der Waals surface area (Å²) in [6.45, 7) is 9.68. The molecule has 3 aromatic rings. The smallest absolute Gasteiger partial charge is 0.271 e. The van der Waals surface area contributed by atoms with Gasteiger partial charge in [-0.25, -0.2) is 4.68 Å². The summed E-state index contributed by atoms with van der Waals surface area (Å²) < 4.78 is 7.54. The summed E-state index contributed by atoms with van der Waals surface area (Å²) in [5, 5.41) is 14.5. The minimum atomic E-state index is -0.545. The highest BCUT2D eigenvalue weighted by Crippen LogP contribution is 2.32. The molecule has 2 heterocycles. The van der Waals surface area contributed by atoms with Gasteiger partial charge in [-0.05, 0) is 74.7 Å². The van der Waals surface area contributed by atoms with Crippen LogP contribution in [-0.4, -0.2) is 39.1 Å². The van der Waals surface area contributed by atoms with Gasteiger partial charge >= 0.3 is 0 Å². The first-order valence-corrected chi connectivity index (χ1v) is 12.3. The van der Waals surface area contributed by atoms with E-state index in [-0.39, 0.29) is 24.1 Å². The van der Waals surface area contributed by atoms with Crippen LogP contribution in [0.4, 0.5) is 0 Å². The van der Waals surface area contributed by atoms with E-state index in [9.17, 15) is 14.9 Å². The van der Waals surface area contributed by atoms with E-state index in [1.165, 1.54) is 4.90 Å². The molecule has 2 amide bonds. The molecule has 0 spiro atoms. The van der Waals surface area contributed by atoms with Crippen molar-refractivity contribution in [3.63, 3.8) is 0 Å². The summed E-state index contributed by atoms with van der Waals surface area (Å²) in [5.74, 6) is -0.134. The summed E-state index contributed by atoms with van der Waals surface area (Å²) in [7, 11) is 0. The van der Waals surface area contributed by atoms with Crippen molar-refractivity contribution in [2.45, 2.75) is 40.7 Å². The quantitative estimate of drug-likeness (QED) is 0.316. The fourth-order valence-electron chi connectivity index (χ4n) is 4.21. The average Bonchev–Trinajstić information content (AvgIpc) is 3.29. The number of carbonyl (C=O) groups is 2. The highest BCUT2D eigenvalue weighted by Gasteiger charge is 2.35. The molecule has 0 saturated carbocycles. The molecule has 0 fully saturated rings. The molecule has 0 aliphatic carbocycles. The predicted molar refractivity (Wildman–Crippen MR) is 143 cm³/mol. The Morgan fingerprint density at radius 1 is 1.00 bits per heavy atom. The Hall–Kier alpha value is -4.44. The lowest BCUT2D eigenvalue weighted by Crippen LogP contribution is -2.44. The fraction of sp³-hybridized carbons (Fsp3) is 0.267. The number of ether oxygens (including phenoxy) is 1. The van der Waals surface area contributed by atoms with Crippen molar-refractivity contribution in [1.82, 2.24) is 14.7 Å². The van der Waals surface area contributed by atoms with Crippen molar-refractivity contribution in [2.75, 3.05) is 6.54 Å². The highest BCUT2D eigenvalue weighted by atomic mass is 16.5. The Labute approximate surface area is 217 Å². The lowest BCUT2D eigenvalue weighted by molar-refractivity contribution is -0.141. The molecule has 0 N–H and O–H groups in total. The van der Waals surface area contributed by atoms with Crippen LogP contribution in [0.1, 0.15) is 40.2 Å². The van der Waals surface area contributed by atoms with E-state index in [2.05, 4.69) is 0 Å². The van der Waals surface area contributed by atoms with Crippen molar-refractivity contribution in [3.8, 4) is 28.8 Å². The molecule has 188 valence electrons. The van der Waals surface area contributed by atoms with Gasteiger partial charge in [0.1, 0.15) is 17.4 Å². The summed E-state index contributed by atoms with van der Waals surface area (Å²) in [6, 6.07) is 19.3. The molecule has 1 aliphatic rings. The average molecular weight is 495 g/mol. The van der Waals surface area contributed by atoms with E-state index in [1.54, 1.807) is 17.7 Å². The summed E-state index contributed by atoms with van der Waals surface area (Å²) in [4.78, 5) is 27.5. The zero-order valence-corrected chi connectivity index (χ0v) is 21.7. The molecular weight excluding hydrogens is 464 g/mol. The van der Waals surface area contributed by atoms with Crippen LogP contribution in [0.25, 0.3) is 23.0 Å². The number of para-hydroxylation sites is 1. The van der Waals surface area contributed by atoms with E-state index in [4.69, 9.17) is 9.84 Å². The Morgan fingerprint density at radius 3 is 2.27 bits per heavy atom. The van der Waals surface area contributed by atoms with E-state index >= 15 is 0 Å². The van der Waals surface area contributed by atoms with Gasteiger partial charge in [0.05, 0.1) is 17.5 Å². The molecule has 37 heavy (non-hydrogen) atoms. The topological polar surface area (TPSA) is 88.2 Å². The highest BCUT2D eigenvalue weighted by molar-refractivity contribution is 6.19. The summed E-state index contributed by atoms with van der Waals surface area (Å²) >= 11 is 0. The van der Waals surface area contributed by atoms with Crippen LogP contribution in [0, 0.1) is 17.2 Å². The summed E-state index contributed by atoms with van der Waals surface area (Å²) in [6.07, 6.45) is 3.64. The van der Waals surface area contributed by atoms with Crippen molar-refractivity contribution in [1.29, 1.82) is 5.26 Å². The largest absolute Gasteiger partial charge is 0.491 e. The van der Waals surface area contributed by atoms with E-state index < -0.39 is 11.8 Å². The SMILES string of the molecule is CC1=C(C#N)C(=O)N(CC(C)C)C(=O)/C1=C/c1cn(-c2ccccc2)nc1-c1ccc(OC(C)C)cc1. The van der Waals surface area contributed by atoms with Crippen molar-refractivity contribution < 1.29 is 14.3 Å². The van der Waals surface area contributed by atoms with Crippen LogP contribution < -0.4 is 4.74 Å². The maximum Gasteiger partial charge on any atom is 0.271 e. The number of carbonyl (C=O) groups excluding carboxylic acids is 2. The van der Waals surface area contributed by atoms with Gasteiger partial charge in [-0.2, -0.15) is 10.4 Å². The van der Waals surface area contributed by atoms with Crippen LogP contribution in [-0.2, 0) is 9.59 Å². The third kappa shape index (κ3) is 5.39. The van der Waals surface area contributed by atoms with Gasteiger partial charge in [-0.1, -0.05) is 32.0 Å². The van der Waals surface area contributed by atoms with Gasteiger partial charge in [0.2, 0.25) is 0 Å². The Bertz CT molecular complexity index is 1420. The number of amides is 2. The second kappa shape index (κ2) is 10.7. The first-order chi connectivity index (χ1) is 17.7. The molecular formula is C30H30N4O3. The normalized spacial score (nSPS) is 15.2. The third-order valence-corrected chi connectivity index (χ3v) is 5.94. The minimum absolute atomic E-state index is 0.0151. The first-order valence-electron chi connectivity index (χ1n) is 12.3. The number of nitriles is 1. The predicted octanol–water partition coefficient (Wildman–Crippen LogP) is 5.57. The maximum atomic E-state index is 13.5. The molecule has 4 rings (SSSR count). The molecule has 2 aromatic carbocycles. The Morgan fingerprint density at radius 2 is 1.68 bits per heavy atom. The van der Waals surface area contributed by atoms with Gasteiger partial charge in [0.25, 0.3) is 11.8 Å². The zero-order chi connectivity index (χ0) is 26.7. The van der Waals surface area contributed by atoms with Crippen molar-refractivity contribution in [3.05, 3.63) is 83.1 Å². The molecule has 0 atom stereocenters. The number of rotatable bonds is 7. The molecule has 1 aromatic heterocycles. The molecule has 0 radical (unpaired) electrons. The molecule has 7 nitrogen and oxygen atoms in total. The van der Waals surface area contributed by atoms with Gasteiger partial charge in [-0.3, -0.25) is 14.5 Å². The number of nitrogens with zero attached hydrogens (tertiary/aromatic N) is 4. The first kappa shape index (κ1) is 25.6. The van der Waals surface area contributed by atoms with Gasteiger partial charge < -0.3 is 4.74 Å². The summed E-state index contributed by atoms with van der Waals surface area (Å²) in [5.41, 5.74) is 3.74. The van der Waals surface area contributed by atoms with Crippen molar-refractivity contribution in [2.24, 2.45) is 5.92 Å². The zero-order valence-electron chi connectivity index (χ0n) is 21.7. The molecule has 1 aliphatic heterocycles. The maximum absolute atomic E-state index is 13.5. The molecule has 0 saturated heterocycles. The second-order valence-electron chi connectivity index (χ2n) is 9.69. The third-order valence-electron chi connectivity index (χ3n) is 5.94. The van der Waals surface area contributed by atoms with E-state index in [1.807, 2.05) is 94.6 Å². The lowest BCUT2D eigenvalue weighted by Gasteiger charge is -2.28. The van der Waals surface area contributed by atoms with Crippen LogP contribution in [0.2, 0.25) is 0 Å². The van der Waals surface area contributed by atoms with Crippen LogP contribution in [0.3, 0.4) is 0 Å². The standard InChI is InChI=1S/C30H30N4O3/c1-19(2)17-33-29(35)26(21(5)27(16-31)30(33)36)15-23-18-34(24-9-7-6-8-10-24)32-28(23)22-11-13-25(14-12-22)37-20(3)4/h6-15,18-20H,17H2,1-5H3/b26-15+. The van der Waals surface area contributed by atoms with Crippen LogP contribution >= 0.6 is 0 Å². The van der Waals surface area contributed by atoms with E-state index in [0.717, 1.165) is 17.0 Å². The molecule has 0 bridgehead atoms. The number of aromatic nitrogens is 2. The second-order valence-corrected chi connectivity index (χ2v) is 9.69. The lowest BCUT2D eigenvalue weighted by atomic mass is 9.92. The number of benzene rings is 2. The molecule has 0 unspecified atom stereocenters. The minimum Gasteiger partial charge on any atom is -0.491 e. The van der Waals surface area contributed by atoms with Crippen molar-refractivity contribution >= 4 is 17.9 Å². The monoisotopic (exact) mass is 494 g/mol. The van der Waals surface area contributed by atoms with Gasteiger partial charge in [-0.15, -0.1) is 0 Å². The molecule has 7 heteroatoms. The number of hydrogen-bond acceptors (Lipinski definition) is 5. The Kier molecular flexibility index (Phi) is 7.40. The van der Waals surface area contributed by atoms with E-state index in [0.29, 0.717) is 22.4 Å².